The number of ether oxygens (including phenoxy) is 1. The molecule has 1 fully saturated rings. The topological polar surface area (TPSA) is 21.3 Å². The summed E-state index contributed by atoms with van der Waals surface area (Å²) in [5.41, 5.74) is 0.350. The first kappa shape index (κ1) is 13.0. The van der Waals surface area contributed by atoms with E-state index in [1.807, 2.05) is 0 Å². The van der Waals surface area contributed by atoms with Gasteiger partial charge in [0.1, 0.15) is 0 Å². The molecule has 0 bridgehead atoms. The van der Waals surface area contributed by atoms with Crippen molar-refractivity contribution in [2.45, 2.75) is 65.0 Å². The maximum atomic E-state index is 5.44. The van der Waals surface area contributed by atoms with Crippen LogP contribution in [0.1, 0.15) is 53.4 Å². The molecule has 0 amide bonds. The fourth-order valence-electron chi connectivity index (χ4n) is 2.47. The third-order valence-corrected chi connectivity index (χ3v) is 3.54. The lowest BCUT2D eigenvalue weighted by Gasteiger charge is -2.39. The van der Waals surface area contributed by atoms with Crippen molar-refractivity contribution in [3.05, 3.63) is 0 Å². The lowest BCUT2D eigenvalue weighted by atomic mass is 9.78. The normalized spacial score (nSPS) is 34.0. The average molecular weight is 213 g/mol. The molecule has 1 N–H and O–H groups in total. The summed E-state index contributed by atoms with van der Waals surface area (Å²) in [5, 5.41) is 3.73. The Morgan fingerprint density at radius 3 is 2.53 bits per heavy atom. The van der Waals surface area contributed by atoms with Crippen LogP contribution in [0.25, 0.3) is 0 Å². The minimum atomic E-state index is 0.350. The summed E-state index contributed by atoms with van der Waals surface area (Å²) in [4.78, 5) is 0. The molecule has 90 valence electrons. The number of rotatable bonds is 5. The largest absolute Gasteiger partial charge is 0.380 e. The third kappa shape index (κ3) is 4.52. The monoisotopic (exact) mass is 213 g/mol. The molecule has 0 aromatic heterocycles. The fraction of sp³-hybridized carbons (Fsp3) is 1.00. The highest BCUT2D eigenvalue weighted by Crippen LogP contribution is 2.31. The van der Waals surface area contributed by atoms with Crippen molar-refractivity contribution in [1.82, 2.24) is 5.32 Å². The van der Waals surface area contributed by atoms with Crippen molar-refractivity contribution in [1.29, 1.82) is 0 Å². The molecule has 2 nitrogen and oxygen atoms in total. The minimum absolute atomic E-state index is 0.350. The van der Waals surface area contributed by atoms with Gasteiger partial charge in [0.2, 0.25) is 0 Å². The van der Waals surface area contributed by atoms with E-state index in [9.17, 15) is 0 Å². The van der Waals surface area contributed by atoms with Crippen LogP contribution in [0, 0.1) is 5.92 Å². The predicted octanol–water partition coefficient (Wildman–Crippen LogP) is 2.97. The molecule has 2 heteroatoms. The van der Waals surface area contributed by atoms with Crippen LogP contribution in [0.15, 0.2) is 0 Å². The van der Waals surface area contributed by atoms with E-state index in [2.05, 4.69) is 33.0 Å². The van der Waals surface area contributed by atoms with Gasteiger partial charge < -0.3 is 10.1 Å². The first-order chi connectivity index (χ1) is 7.06. The van der Waals surface area contributed by atoms with Gasteiger partial charge in [0.25, 0.3) is 0 Å². The third-order valence-electron chi connectivity index (χ3n) is 3.54. The van der Waals surface area contributed by atoms with Gasteiger partial charge in [-0.1, -0.05) is 6.92 Å². The number of nitrogens with one attached hydrogen (secondary N) is 1. The van der Waals surface area contributed by atoms with Crippen LogP contribution in [0.4, 0.5) is 0 Å². The second-order valence-electron chi connectivity index (χ2n) is 5.45. The molecule has 0 saturated heterocycles. The standard InChI is InChI=1S/C13H27NO/c1-5-15-10-12(3)14-13(4)8-6-11(2)7-9-13/h11-12,14H,5-10H2,1-4H3. The van der Waals surface area contributed by atoms with Crippen molar-refractivity contribution in [3.63, 3.8) is 0 Å². The molecule has 15 heavy (non-hydrogen) atoms. The van der Waals surface area contributed by atoms with Gasteiger partial charge in [-0.25, -0.2) is 0 Å². The summed E-state index contributed by atoms with van der Waals surface area (Å²) >= 11 is 0. The van der Waals surface area contributed by atoms with Gasteiger partial charge in [0.05, 0.1) is 6.61 Å². The van der Waals surface area contributed by atoms with Crippen LogP contribution < -0.4 is 5.32 Å². The molecule has 0 radical (unpaired) electrons. The van der Waals surface area contributed by atoms with Gasteiger partial charge in [0, 0.05) is 18.2 Å². The van der Waals surface area contributed by atoms with Gasteiger partial charge in [0.15, 0.2) is 0 Å². The Morgan fingerprint density at radius 2 is 2.00 bits per heavy atom. The zero-order valence-electron chi connectivity index (χ0n) is 10.8. The van der Waals surface area contributed by atoms with Crippen LogP contribution in [0.5, 0.6) is 0 Å². The van der Waals surface area contributed by atoms with Gasteiger partial charge in [-0.2, -0.15) is 0 Å². The maximum absolute atomic E-state index is 5.44. The van der Waals surface area contributed by atoms with Crippen LogP contribution in [0.3, 0.4) is 0 Å². The highest BCUT2D eigenvalue weighted by molar-refractivity contribution is 4.89. The Kier molecular flexibility index (Phi) is 5.07. The van der Waals surface area contributed by atoms with E-state index >= 15 is 0 Å². The molecule has 0 aromatic carbocycles. The average Bonchev–Trinajstić information content (AvgIpc) is 2.20. The van der Waals surface area contributed by atoms with Crippen molar-refractivity contribution in [2.24, 2.45) is 5.92 Å². The van der Waals surface area contributed by atoms with Crippen molar-refractivity contribution < 1.29 is 4.74 Å². The quantitative estimate of drug-likeness (QED) is 0.758. The van der Waals surface area contributed by atoms with Crippen LogP contribution in [0.2, 0.25) is 0 Å². The van der Waals surface area contributed by atoms with E-state index < -0.39 is 0 Å². The second kappa shape index (κ2) is 5.86. The molecule has 1 aliphatic rings. The SMILES string of the molecule is CCOCC(C)NC1(C)CCC(C)CC1. The van der Waals surface area contributed by atoms with Gasteiger partial charge in [-0.05, 0) is 52.4 Å². The van der Waals surface area contributed by atoms with Gasteiger partial charge >= 0.3 is 0 Å². The Hall–Kier alpha value is -0.0800. The highest BCUT2D eigenvalue weighted by atomic mass is 16.5. The lowest BCUT2D eigenvalue weighted by molar-refractivity contribution is 0.104. The highest BCUT2D eigenvalue weighted by Gasteiger charge is 2.30. The molecule has 0 spiro atoms. The van der Waals surface area contributed by atoms with Gasteiger partial charge in [-0.15, -0.1) is 0 Å². The first-order valence-corrected chi connectivity index (χ1v) is 6.41. The molecule has 1 unspecified atom stereocenters. The molecule has 1 rings (SSSR count). The van der Waals surface area contributed by atoms with E-state index in [1.165, 1.54) is 25.7 Å². The minimum Gasteiger partial charge on any atom is -0.380 e. The Balaban J connectivity index is 2.29. The summed E-state index contributed by atoms with van der Waals surface area (Å²) in [6.07, 6.45) is 5.35. The molecule has 0 aromatic rings. The summed E-state index contributed by atoms with van der Waals surface area (Å²) < 4.78 is 5.44. The molecule has 0 aliphatic heterocycles. The van der Waals surface area contributed by atoms with Crippen molar-refractivity contribution in [2.75, 3.05) is 13.2 Å². The Bertz CT molecular complexity index is 173. The van der Waals surface area contributed by atoms with E-state index in [0.717, 1.165) is 19.1 Å². The van der Waals surface area contributed by atoms with Crippen LogP contribution >= 0.6 is 0 Å². The van der Waals surface area contributed by atoms with Crippen molar-refractivity contribution >= 4 is 0 Å². The van der Waals surface area contributed by atoms with E-state index in [0.29, 0.717) is 11.6 Å². The number of hydrogen-bond donors (Lipinski definition) is 1. The number of hydrogen-bond acceptors (Lipinski definition) is 2. The molecule has 1 atom stereocenters. The zero-order chi connectivity index (χ0) is 11.3. The summed E-state index contributed by atoms with van der Waals surface area (Å²) in [6, 6.07) is 0.475. The maximum Gasteiger partial charge on any atom is 0.0616 e. The molecule has 0 heterocycles. The van der Waals surface area contributed by atoms with E-state index in [1.54, 1.807) is 0 Å². The summed E-state index contributed by atoms with van der Waals surface area (Å²) in [7, 11) is 0. The molecular formula is C13H27NO. The van der Waals surface area contributed by atoms with Crippen LogP contribution in [-0.2, 0) is 4.74 Å². The fourth-order valence-corrected chi connectivity index (χ4v) is 2.47. The van der Waals surface area contributed by atoms with E-state index in [-0.39, 0.29) is 0 Å². The summed E-state index contributed by atoms with van der Waals surface area (Å²) in [5.74, 6) is 0.919. The van der Waals surface area contributed by atoms with E-state index in [4.69, 9.17) is 4.74 Å². The first-order valence-electron chi connectivity index (χ1n) is 6.41. The Morgan fingerprint density at radius 1 is 1.40 bits per heavy atom. The molecule has 1 saturated carbocycles. The Labute approximate surface area is 94.8 Å². The molecule has 1 aliphatic carbocycles. The second-order valence-corrected chi connectivity index (χ2v) is 5.45. The molecular weight excluding hydrogens is 186 g/mol. The summed E-state index contributed by atoms with van der Waals surface area (Å²) in [6.45, 7) is 10.7. The van der Waals surface area contributed by atoms with Crippen LogP contribution in [-0.4, -0.2) is 24.8 Å². The van der Waals surface area contributed by atoms with Gasteiger partial charge in [-0.3, -0.25) is 0 Å². The predicted molar refractivity (Wildman–Crippen MR) is 65.1 cm³/mol. The smallest absolute Gasteiger partial charge is 0.0616 e. The lowest BCUT2D eigenvalue weighted by Crippen LogP contribution is -2.50. The zero-order valence-corrected chi connectivity index (χ0v) is 10.8. The van der Waals surface area contributed by atoms with Crippen molar-refractivity contribution in [3.8, 4) is 0 Å².